The average Bonchev–Trinajstić information content (AvgIpc) is 3.42. The zero-order chi connectivity index (χ0) is 38.3. The average molecular weight is 752 g/mol. The van der Waals surface area contributed by atoms with Gasteiger partial charge in [-0.25, -0.2) is 0 Å². The molecule has 4 saturated heterocycles. The van der Waals surface area contributed by atoms with Crippen molar-refractivity contribution in [3.05, 3.63) is 12.2 Å². The lowest BCUT2D eigenvalue weighted by atomic mass is 9.72. The number of aliphatic hydroxyl groups is 2. The molecule has 0 radical (unpaired) electrons. The van der Waals surface area contributed by atoms with Crippen LogP contribution in [0.5, 0.6) is 0 Å². The van der Waals surface area contributed by atoms with Gasteiger partial charge in [0.25, 0.3) is 0 Å². The standard InChI is InChI=1S/C40H65NO10S/c1-10-29(35(46)24(5)34(45)25(6)36-21(2)11-12-28(48-36)20-33(43)44)37-22(3)19-23(4)39(49-37)16-15-31(41-27(8)52)40(51-39)18-17-38(9,50-40)32-14-13-30(42)26(7)47-32/h15-16,21-26,28-32,34,36-37,42,45H,10-14,17-20H2,1-9H3,(H,41,52)(H,43,44)/t21-,22-,23+,24-,25-,26-,28+,29?,30+,31+,32+,34+,36+,37-,38-,39-,40-/m0/s1. The molecule has 0 aromatic rings. The maximum absolute atomic E-state index is 14.4. The number of carbonyl (C=O) groups excluding carboxylic acids is 1. The summed E-state index contributed by atoms with van der Waals surface area (Å²) in [5.41, 5.74) is -0.669. The van der Waals surface area contributed by atoms with Gasteiger partial charge in [-0.05, 0) is 83.6 Å². The summed E-state index contributed by atoms with van der Waals surface area (Å²) in [6, 6.07) is -0.377. The van der Waals surface area contributed by atoms with Crippen molar-refractivity contribution in [1.29, 1.82) is 0 Å². The van der Waals surface area contributed by atoms with Gasteiger partial charge in [0, 0.05) is 30.1 Å². The predicted octanol–water partition coefficient (Wildman–Crippen LogP) is 5.72. The fraction of sp³-hybridized carbons (Fsp3) is 0.875. The third-order valence-corrected chi connectivity index (χ3v) is 13.3. The Labute approximate surface area is 315 Å². The topological polar surface area (TPSA) is 153 Å². The van der Waals surface area contributed by atoms with Crippen molar-refractivity contribution in [2.45, 2.75) is 186 Å². The molecule has 5 aliphatic heterocycles. The molecule has 0 bridgehead atoms. The lowest BCUT2D eigenvalue weighted by Crippen LogP contribution is -2.65. The minimum Gasteiger partial charge on any atom is -0.481 e. The van der Waals surface area contributed by atoms with Crippen LogP contribution in [0.1, 0.15) is 120 Å². The molecule has 0 amide bonds. The van der Waals surface area contributed by atoms with Gasteiger partial charge in [0.1, 0.15) is 5.78 Å². The molecule has 52 heavy (non-hydrogen) atoms. The minimum absolute atomic E-state index is 0.0418. The van der Waals surface area contributed by atoms with Crippen molar-refractivity contribution >= 4 is 29.0 Å². The lowest BCUT2D eigenvalue weighted by molar-refractivity contribution is -0.397. The summed E-state index contributed by atoms with van der Waals surface area (Å²) in [5.74, 6) is -4.69. The van der Waals surface area contributed by atoms with E-state index in [2.05, 4.69) is 33.0 Å². The third-order valence-electron chi connectivity index (χ3n) is 13.2. The highest BCUT2D eigenvalue weighted by atomic mass is 32.1. The van der Waals surface area contributed by atoms with E-state index in [4.69, 9.17) is 35.9 Å². The molecule has 0 aliphatic carbocycles. The molecule has 17 atom stereocenters. The van der Waals surface area contributed by atoms with Gasteiger partial charge >= 0.3 is 5.97 Å². The molecule has 296 valence electrons. The molecule has 0 saturated carbocycles. The first-order chi connectivity index (χ1) is 24.3. The number of ether oxygens (including phenoxy) is 5. The highest BCUT2D eigenvalue weighted by molar-refractivity contribution is 7.80. The Bertz CT molecular complexity index is 1330. The molecule has 5 rings (SSSR count). The van der Waals surface area contributed by atoms with Crippen molar-refractivity contribution in [3.63, 3.8) is 0 Å². The van der Waals surface area contributed by atoms with Crippen LogP contribution in [0, 0.1) is 35.5 Å². The Morgan fingerprint density at radius 2 is 1.71 bits per heavy atom. The quantitative estimate of drug-likeness (QED) is 0.151. The van der Waals surface area contributed by atoms with E-state index in [1.807, 2.05) is 39.8 Å². The van der Waals surface area contributed by atoms with Crippen LogP contribution in [0.2, 0.25) is 0 Å². The molecule has 0 aromatic carbocycles. The molecule has 5 aliphatic rings. The number of ketones is 1. The van der Waals surface area contributed by atoms with Gasteiger partial charge in [-0.2, -0.15) is 0 Å². The molecular weight excluding hydrogens is 687 g/mol. The molecule has 1 unspecified atom stereocenters. The molecule has 4 fully saturated rings. The van der Waals surface area contributed by atoms with Crippen LogP contribution in [-0.2, 0) is 33.3 Å². The van der Waals surface area contributed by atoms with Crippen LogP contribution in [-0.4, -0.2) is 98.0 Å². The van der Waals surface area contributed by atoms with E-state index >= 15 is 0 Å². The second kappa shape index (κ2) is 16.3. The van der Waals surface area contributed by atoms with Crippen molar-refractivity contribution in [3.8, 4) is 0 Å². The number of rotatable bonds is 11. The predicted molar refractivity (Wildman–Crippen MR) is 199 cm³/mol. The van der Waals surface area contributed by atoms with Crippen LogP contribution < -0.4 is 5.32 Å². The Morgan fingerprint density at radius 3 is 2.35 bits per heavy atom. The number of thiocarbonyl (C=S) groups is 1. The van der Waals surface area contributed by atoms with Crippen molar-refractivity contribution in [1.82, 2.24) is 5.32 Å². The Hall–Kier alpha value is -1.51. The number of carboxylic acid groups (broad SMARTS) is 1. The number of aliphatic carboxylic acids is 1. The van der Waals surface area contributed by atoms with Gasteiger partial charge in [-0.15, -0.1) is 0 Å². The van der Waals surface area contributed by atoms with E-state index in [0.29, 0.717) is 43.5 Å². The van der Waals surface area contributed by atoms with Gasteiger partial charge in [0.05, 0.1) is 65.8 Å². The largest absolute Gasteiger partial charge is 0.481 e. The number of nitrogens with one attached hydrogen (secondary N) is 1. The molecule has 11 nitrogen and oxygen atoms in total. The summed E-state index contributed by atoms with van der Waals surface area (Å²) in [6.07, 6.45) is 6.03. The van der Waals surface area contributed by atoms with Gasteiger partial charge in [0.15, 0.2) is 11.6 Å². The third kappa shape index (κ3) is 8.34. The van der Waals surface area contributed by atoms with Crippen LogP contribution in [0.15, 0.2) is 12.2 Å². The molecule has 0 aromatic heterocycles. The zero-order valence-corrected chi connectivity index (χ0v) is 33.5. The van der Waals surface area contributed by atoms with Gasteiger partial charge in [-0.3, -0.25) is 9.59 Å². The second-order valence-electron chi connectivity index (χ2n) is 17.2. The van der Waals surface area contributed by atoms with E-state index in [-0.39, 0.29) is 60.2 Å². The van der Waals surface area contributed by atoms with Gasteiger partial charge < -0.3 is 44.3 Å². The van der Waals surface area contributed by atoms with E-state index in [0.717, 1.165) is 12.8 Å². The fourth-order valence-corrected chi connectivity index (χ4v) is 9.99. The number of aliphatic hydroxyl groups excluding tert-OH is 2. The maximum Gasteiger partial charge on any atom is 0.305 e. The normalized spacial score (nSPS) is 44.6. The summed E-state index contributed by atoms with van der Waals surface area (Å²) >= 11 is 5.49. The Balaban J connectivity index is 1.36. The monoisotopic (exact) mass is 751 g/mol. The first kappa shape index (κ1) is 41.6. The zero-order valence-electron chi connectivity index (χ0n) is 32.7. The Kier molecular flexibility index (Phi) is 13.1. The SMILES string of the molecule is CCC(C(=O)[C@@H](C)[C@@H](O)[C@H](C)[C@@H]1O[C@@H](CC(=O)O)CC[C@@H]1C)[C@H]1O[C@]2(C=C[C@@H](NC(C)=S)[C@]3(CC[C@@](C)([C@H]4CC[C@@H](O)[C@H](C)O4)O3)O2)[C@H](C)C[C@@H]1C. The van der Waals surface area contributed by atoms with E-state index in [1.165, 1.54) is 0 Å². The molecule has 4 N–H and O–H groups in total. The molecule has 5 heterocycles. The highest BCUT2D eigenvalue weighted by Crippen LogP contribution is 2.53. The van der Waals surface area contributed by atoms with E-state index < -0.39 is 59.4 Å². The number of hydrogen-bond acceptors (Lipinski definition) is 10. The fourth-order valence-electron chi connectivity index (χ4n) is 9.87. The van der Waals surface area contributed by atoms with E-state index in [1.54, 1.807) is 6.92 Å². The highest BCUT2D eigenvalue weighted by Gasteiger charge is 2.63. The number of carbonyl (C=O) groups is 2. The summed E-state index contributed by atoms with van der Waals surface area (Å²) in [7, 11) is 0. The molecule has 12 heteroatoms. The number of carboxylic acids is 1. The maximum atomic E-state index is 14.4. The molecular formula is C40H65NO10S. The first-order valence-corrected chi connectivity index (χ1v) is 20.2. The van der Waals surface area contributed by atoms with Crippen LogP contribution in [0.3, 0.4) is 0 Å². The minimum atomic E-state index is -1.17. The van der Waals surface area contributed by atoms with Crippen LogP contribution in [0.25, 0.3) is 0 Å². The van der Waals surface area contributed by atoms with Crippen LogP contribution in [0.4, 0.5) is 0 Å². The Morgan fingerprint density at radius 1 is 1.00 bits per heavy atom. The summed E-state index contributed by atoms with van der Waals surface area (Å²) < 4.78 is 33.8. The molecule has 2 spiro atoms. The van der Waals surface area contributed by atoms with Gasteiger partial charge in [-0.1, -0.05) is 59.8 Å². The summed E-state index contributed by atoms with van der Waals surface area (Å²) in [4.78, 5) is 26.4. The van der Waals surface area contributed by atoms with Crippen LogP contribution >= 0.6 is 12.2 Å². The number of Topliss-reactive ketones (excluding diaryl/α,β-unsaturated/α-hetero) is 1. The van der Waals surface area contributed by atoms with Crippen molar-refractivity contribution in [2.24, 2.45) is 35.5 Å². The summed E-state index contributed by atoms with van der Waals surface area (Å²) in [6.45, 7) is 17.8. The lowest BCUT2D eigenvalue weighted by Gasteiger charge is -2.55. The first-order valence-electron chi connectivity index (χ1n) is 19.8. The smallest absolute Gasteiger partial charge is 0.305 e. The van der Waals surface area contributed by atoms with Crippen molar-refractivity contribution < 1.29 is 48.6 Å². The van der Waals surface area contributed by atoms with Gasteiger partial charge in [0.2, 0.25) is 0 Å². The second-order valence-corrected chi connectivity index (χ2v) is 17.8. The summed E-state index contributed by atoms with van der Waals surface area (Å²) in [5, 5.41) is 34.7. The van der Waals surface area contributed by atoms with Crippen molar-refractivity contribution in [2.75, 3.05) is 0 Å². The van der Waals surface area contributed by atoms with E-state index in [9.17, 15) is 24.9 Å². The number of hydrogen-bond donors (Lipinski definition) is 4.